The fourth-order valence-electron chi connectivity index (χ4n) is 1.94. The van der Waals surface area contributed by atoms with Gasteiger partial charge in [0.1, 0.15) is 11.5 Å². The Kier molecular flexibility index (Phi) is 4.98. The van der Waals surface area contributed by atoms with Crippen molar-refractivity contribution in [1.82, 2.24) is 10.3 Å². The number of nitrogens with one attached hydrogen (secondary N) is 1. The number of nitrogens with zero attached hydrogens (tertiary/aromatic N) is 1. The second kappa shape index (κ2) is 6.95. The fraction of sp³-hybridized carbons (Fsp3) is 0.400. The highest BCUT2D eigenvalue weighted by molar-refractivity contribution is 5.29. The largest absolute Gasteiger partial charge is 0.497 e. The molecule has 0 aliphatic carbocycles. The van der Waals surface area contributed by atoms with E-state index in [-0.39, 0.29) is 0 Å². The first-order valence-electron chi connectivity index (χ1n) is 6.53. The molecule has 0 saturated heterocycles. The number of oxazole rings is 1. The molecular formula is C15H20N2O2. The van der Waals surface area contributed by atoms with Gasteiger partial charge in [-0.1, -0.05) is 12.1 Å². The van der Waals surface area contributed by atoms with Crippen molar-refractivity contribution in [2.75, 3.05) is 20.7 Å². The van der Waals surface area contributed by atoms with Gasteiger partial charge in [0.2, 0.25) is 0 Å². The molecule has 4 heteroatoms. The van der Waals surface area contributed by atoms with Crippen molar-refractivity contribution in [3.8, 4) is 5.75 Å². The summed E-state index contributed by atoms with van der Waals surface area (Å²) >= 11 is 0. The normalized spacial score (nSPS) is 10.6. The maximum atomic E-state index is 5.73. The Morgan fingerprint density at radius 2 is 2.26 bits per heavy atom. The zero-order valence-corrected chi connectivity index (χ0v) is 11.5. The average molecular weight is 260 g/mol. The Bertz CT molecular complexity index is 508. The molecule has 1 heterocycles. The van der Waals surface area contributed by atoms with Crippen molar-refractivity contribution in [2.45, 2.75) is 19.3 Å². The predicted molar refractivity (Wildman–Crippen MR) is 74.6 cm³/mol. The van der Waals surface area contributed by atoms with Gasteiger partial charge in [-0.15, -0.1) is 0 Å². The Morgan fingerprint density at radius 3 is 3.05 bits per heavy atom. The molecule has 2 rings (SSSR count). The molecule has 1 N–H and O–H groups in total. The molecule has 4 nitrogen and oxygen atoms in total. The van der Waals surface area contributed by atoms with E-state index in [0.717, 1.165) is 42.4 Å². The van der Waals surface area contributed by atoms with Crippen LogP contribution in [-0.2, 0) is 12.8 Å². The smallest absolute Gasteiger partial charge is 0.198 e. The van der Waals surface area contributed by atoms with Crippen LogP contribution >= 0.6 is 0 Å². The van der Waals surface area contributed by atoms with E-state index >= 15 is 0 Å². The van der Waals surface area contributed by atoms with Crippen molar-refractivity contribution in [3.63, 3.8) is 0 Å². The summed E-state index contributed by atoms with van der Waals surface area (Å²) in [6.45, 7) is 0.992. The Balaban J connectivity index is 1.95. The molecule has 0 unspecified atom stereocenters. The summed E-state index contributed by atoms with van der Waals surface area (Å²) in [6, 6.07) is 7.96. The van der Waals surface area contributed by atoms with Crippen LogP contribution in [0.15, 0.2) is 34.9 Å². The van der Waals surface area contributed by atoms with E-state index in [1.54, 1.807) is 7.11 Å². The molecule has 2 aromatic rings. The lowest BCUT2D eigenvalue weighted by Crippen LogP contribution is -2.08. The summed E-state index contributed by atoms with van der Waals surface area (Å²) in [4.78, 5) is 4.32. The topological polar surface area (TPSA) is 47.3 Å². The van der Waals surface area contributed by atoms with Crippen LogP contribution in [-0.4, -0.2) is 25.7 Å². The van der Waals surface area contributed by atoms with Gasteiger partial charge in [-0.05, 0) is 37.7 Å². The van der Waals surface area contributed by atoms with E-state index < -0.39 is 0 Å². The zero-order valence-electron chi connectivity index (χ0n) is 11.5. The average Bonchev–Trinajstić information content (AvgIpc) is 2.87. The molecule has 102 valence electrons. The van der Waals surface area contributed by atoms with Crippen LogP contribution in [0.5, 0.6) is 5.75 Å². The second-order valence-corrected chi connectivity index (χ2v) is 4.46. The number of methoxy groups -OCH3 is 1. The molecule has 0 atom stereocenters. The Hall–Kier alpha value is -1.81. The fourth-order valence-corrected chi connectivity index (χ4v) is 1.94. The van der Waals surface area contributed by atoms with Crippen molar-refractivity contribution in [3.05, 3.63) is 47.7 Å². The minimum Gasteiger partial charge on any atom is -0.497 e. The van der Waals surface area contributed by atoms with Gasteiger partial charge in [-0.2, -0.15) is 0 Å². The molecule has 0 spiro atoms. The molecule has 0 amide bonds. The van der Waals surface area contributed by atoms with Gasteiger partial charge in [0.25, 0.3) is 0 Å². The number of benzene rings is 1. The van der Waals surface area contributed by atoms with Crippen molar-refractivity contribution >= 4 is 0 Å². The maximum Gasteiger partial charge on any atom is 0.198 e. The first-order chi connectivity index (χ1) is 9.31. The van der Waals surface area contributed by atoms with Crippen LogP contribution in [0.3, 0.4) is 0 Å². The molecule has 0 radical (unpaired) electrons. The standard InChI is InChI=1S/C15H20N2O2/c1-16-8-4-7-14-11-17-15(19-14)10-12-5-3-6-13(9-12)18-2/h3,5-6,9,11,16H,4,7-8,10H2,1-2H3. The molecule has 1 aromatic carbocycles. The van der Waals surface area contributed by atoms with Crippen LogP contribution in [0.25, 0.3) is 0 Å². The number of rotatable bonds is 7. The van der Waals surface area contributed by atoms with Crippen molar-refractivity contribution in [2.24, 2.45) is 0 Å². The summed E-state index contributed by atoms with van der Waals surface area (Å²) in [5, 5.41) is 3.12. The lowest BCUT2D eigenvalue weighted by Gasteiger charge is -2.02. The maximum absolute atomic E-state index is 5.73. The van der Waals surface area contributed by atoms with Crippen LogP contribution < -0.4 is 10.1 Å². The van der Waals surface area contributed by atoms with Crippen LogP contribution in [0, 0.1) is 0 Å². The van der Waals surface area contributed by atoms with E-state index in [9.17, 15) is 0 Å². The Labute approximate surface area is 113 Å². The molecule has 1 aromatic heterocycles. The van der Waals surface area contributed by atoms with Gasteiger partial charge < -0.3 is 14.5 Å². The highest BCUT2D eigenvalue weighted by atomic mass is 16.5. The second-order valence-electron chi connectivity index (χ2n) is 4.46. The van der Waals surface area contributed by atoms with Crippen molar-refractivity contribution < 1.29 is 9.15 Å². The Morgan fingerprint density at radius 1 is 1.37 bits per heavy atom. The predicted octanol–water partition coefficient (Wildman–Crippen LogP) is 2.43. The molecule has 0 aliphatic rings. The minimum absolute atomic E-state index is 0.698. The molecule has 19 heavy (non-hydrogen) atoms. The van der Waals surface area contributed by atoms with E-state index in [0.29, 0.717) is 6.42 Å². The van der Waals surface area contributed by atoms with E-state index in [1.165, 1.54) is 0 Å². The van der Waals surface area contributed by atoms with Gasteiger partial charge >= 0.3 is 0 Å². The zero-order chi connectivity index (χ0) is 13.5. The third kappa shape index (κ3) is 4.10. The number of hydrogen-bond acceptors (Lipinski definition) is 4. The monoisotopic (exact) mass is 260 g/mol. The first kappa shape index (κ1) is 13.6. The lowest BCUT2D eigenvalue weighted by atomic mass is 10.1. The summed E-state index contributed by atoms with van der Waals surface area (Å²) in [5.41, 5.74) is 1.14. The quantitative estimate of drug-likeness (QED) is 0.777. The SMILES string of the molecule is CNCCCc1cnc(Cc2cccc(OC)c2)o1. The summed E-state index contributed by atoms with van der Waals surface area (Å²) in [7, 11) is 3.62. The molecule has 0 saturated carbocycles. The lowest BCUT2D eigenvalue weighted by molar-refractivity contribution is 0.414. The van der Waals surface area contributed by atoms with Gasteiger partial charge in [0, 0.05) is 12.8 Å². The molecule has 0 fully saturated rings. The van der Waals surface area contributed by atoms with Gasteiger partial charge in [0.05, 0.1) is 13.3 Å². The van der Waals surface area contributed by atoms with E-state index in [4.69, 9.17) is 9.15 Å². The highest BCUT2D eigenvalue weighted by Gasteiger charge is 2.05. The summed E-state index contributed by atoms with van der Waals surface area (Å²) in [5.74, 6) is 2.57. The molecule has 0 bridgehead atoms. The van der Waals surface area contributed by atoms with Gasteiger partial charge in [-0.25, -0.2) is 4.98 Å². The highest BCUT2D eigenvalue weighted by Crippen LogP contribution is 2.16. The number of aryl methyl sites for hydroxylation is 1. The molecule has 0 aliphatic heterocycles. The number of aromatic nitrogens is 1. The number of hydrogen-bond donors (Lipinski definition) is 1. The minimum atomic E-state index is 0.698. The third-order valence-electron chi connectivity index (χ3n) is 2.94. The first-order valence-corrected chi connectivity index (χ1v) is 6.53. The van der Waals surface area contributed by atoms with Crippen LogP contribution in [0.4, 0.5) is 0 Å². The van der Waals surface area contributed by atoms with Gasteiger partial charge in [-0.3, -0.25) is 0 Å². The molecular weight excluding hydrogens is 240 g/mol. The number of ether oxygens (including phenoxy) is 1. The third-order valence-corrected chi connectivity index (χ3v) is 2.94. The summed E-state index contributed by atoms with van der Waals surface area (Å²) in [6.07, 6.45) is 4.50. The van der Waals surface area contributed by atoms with Gasteiger partial charge in [0.15, 0.2) is 5.89 Å². The summed E-state index contributed by atoms with van der Waals surface area (Å²) < 4.78 is 10.9. The van der Waals surface area contributed by atoms with E-state index in [2.05, 4.69) is 10.3 Å². The van der Waals surface area contributed by atoms with Crippen LogP contribution in [0.2, 0.25) is 0 Å². The van der Waals surface area contributed by atoms with Crippen molar-refractivity contribution in [1.29, 1.82) is 0 Å². The van der Waals surface area contributed by atoms with Crippen LogP contribution in [0.1, 0.15) is 23.6 Å². The van der Waals surface area contributed by atoms with E-state index in [1.807, 2.05) is 37.5 Å².